The van der Waals surface area contributed by atoms with Crippen LogP contribution in [0.25, 0.3) is 0 Å². The highest BCUT2D eigenvalue weighted by Gasteiger charge is 2.36. The molecule has 3 amide bonds. The van der Waals surface area contributed by atoms with E-state index >= 15 is 0 Å². The number of anilines is 1. The lowest BCUT2D eigenvalue weighted by atomic mass is 9.98. The van der Waals surface area contributed by atoms with Gasteiger partial charge in [-0.2, -0.15) is 11.8 Å². The molecule has 0 aliphatic carbocycles. The van der Waals surface area contributed by atoms with Crippen molar-refractivity contribution < 1.29 is 19.1 Å². The van der Waals surface area contributed by atoms with Gasteiger partial charge in [0.1, 0.15) is 17.7 Å². The Labute approximate surface area is 218 Å². The lowest BCUT2D eigenvalue weighted by molar-refractivity contribution is -0.136. The fraction of sp³-hybridized carbons (Fsp3) is 0.393. The molecule has 0 aliphatic rings. The minimum Gasteiger partial charge on any atom is -0.444 e. The van der Waals surface area contributed by atoms with E-state index in [-0.39, 0.29) is 0 Å². The number of carbonyl (C=O) groups excluding carboxylic acids is 3. The van der Waals surface area contributed by atoms with Gasteiger partial charge in [0.2, 0.25) is 0 Å². The van der Waals surface area contributed by atoms with Crippen molar-refractivity contribution in [2.75, 3.05) is 17.3 Å². The molecular formula is C28H35N3O4S. The average molecular weight is 510 g/mol. The molecule has 36 heavy (non-hydrogen) atoms. The molecule has 0 saturated heterocycles. The van der Waals surface area contributed by atoms with Crippen LogP contribution in [0.2, 0.25) is 0 Å². The third kappa shape index (κ3) is 8.06. The first kappa shape index (κ1) is 28.8. The number of ether oxygens (including phenoxy) is 1. The maximum absolute atomic E-state index is 13.8. The van der Waals surface area contributed by atoms with Crippen LogP contribution in [0.4, 0.5) is 10.5 Å². The van der Waals surface area contributed by atoms with Gasteiger partial charge in [0.25, 0.3) is 11.8 Å². The Hall–Kier alpha value is -3.44. The second-order valence-corrected chi connectivity index (χ2v) is 10.4. The van der Waals surface area contributed by atoms with Crippen LogP contribution in [-0.4, -0.2) is 46.5 Å². The van der Waals surface area contributed by atoms with Gasteiger partial charge in [-0.1, -0.05) is 48.9 Å². The van der Waals surface area contributed by atoms with Crippen molar-refractivity contribution in [2.24, 2.45) is 0 Å². The van der Waals surface area contributed by atoms with Crippen molar-refractivity contribution in [1.82, 2.24) is 10.2 Å². The Balaban J connectivity index is 2.46. The number of hydrogen-bond donors (Lipinski definition) is 2. The molecule has 2 aromatic carbocycles. The van der Waals surface area contributed by atoms with Crippen LogP contribution in [-0.2, 0) is 14.3 Å². The van der Waals surface area contributed by atoms with Crippen molar-refractivity contribution in [1.29, 1.82) is 0 Å². The summed E-state index contributed by atoms with van der Waals surface area (Å²) >= 11 is 1.53. The molecule has 0 aliphatic heterocycles. The first-order valence-corrected chi connectivity index (χ1v) is 13.1. The summed E-state index contributed by atoms with van der Waals surface area (Å²) in [7, 11) is 0. The summed E-state index contributed by atoms with van der Waals surface area (Å²) in [6.07, 6.45) is 7.34. The number of carbonyl (C=O) groups is 3. The Kier molecular flexibility index (Phi) is 10.4. The van der Waals surface area contributed by atoms with Crippen LogP contribution in [0.3, 0.4) is 0 Å². The topological polar surface area (TPSA) is 87.7 Å². The van der Waals surface area contributed by atoms with Crippen LogP contribution >= 0.6 is 11.8 Å². The lowest BCUT2D eigenvalue weighted by Crippen LogP contribution is -2.51. The van der Waals surface area contributed by atoms with Gasteiger partial charge in [0.15, 0.2) is 0 Å². The second-order valence-electron chi connectivity index (χ2n) is 9.38. The van der Waals surface area contributed by atoms with Crippen molar-refractivity contribution >= 4 is 35.4 Å². The number of para-hydroxylation sites is 1. The number of amides is 3. The van der Waals surface area contributed by atoms with E-state index in [1.807, 2.05) is 50.4 Å². The molecule has 2 atom stereocenters. The number of alkyl carbamates (subject to hydrolysis) is 1. The van der Waals surface area contributed by atoms with Gasteiger partial charge in [0, 0.05) is 11.7 Å². The highest BCUT2D eigenvalue weighted by atomic mass is 32.2. The smallest absolute Gasteiger partial charge is 0.408 e. The molecular weight excluding hydrogens is 474 g/mol. The number of benzene rings is 2. The van der Waals surface area contributed by atoms with Gasteiger partial charge in [-0.3, -0.25) is 14.5 Å². The van der Waals surface area contributed by atoms with E-state index in [0.29, 0.717) is 23.4 Å². The third-order valence-electron chi connectivity index (χ3n) is 5.37. The third-order valence-corrected chi connectivity index (χ3v) is 6.01. The van der Waals surface area contributed by atoms with E-state index in [1.54, 1.807) is 39.0 Å². The number of nitrogens with one attached hydrogen (secondary N) is 2. The number of thioether (sulfide) groups is 1. The number of hydrogen-bond acceptors (Lipinski definition) is 5. The maximum Gasteiger partial charge on any atom is 0.408 e. The Morgan fingerprint density at radius 2 is 1.67 bits per heavy atom. The highest BCUT2D eigenvalue weighted by molar-refractivity contribution is 7.98. The highest BCUT2D eigenvalue weighted by Crippen LogP contribution is 2.27. The zero-order valence-corrected chi connectivity index (χ0v) is 22.6. The zero-order valence-electron chi connectivity index (χ0n) is 21.8. The molecule has 0 bridgehead atoms. The molecule has 2 N–H and O–H groups in total. The predicted octanol–water partition coefficient (Wildman–Crippen LogP) is 5.05. The van der Waals surface area contributed by atoms with E-state index in [2.05, 4.69) is 16.7 Å². The summed E-state index contributed by atoms with van der Waals surface area (Å²) in [5, 5.41) is 5.56. The normalized spacial score (nSPS) is 12.6. The van der Waals surface area contributed by atoms with Gasteiger partial charge < -0.3 is 15.4 Å². The molecule has 0 saturated carbocycles. The van der Waals surface area contributed by atoms with Crippen LogP contribution < -0.4 is 10.6 Å². The molecule has 7 nitrogen and oxygen atoms in total. The van der Waals surface area contributed by atoms with Crippen molar-refractivity contribution in [3.63, 3.8) is 0 Å². The SMILES string of the molecule is C#CN(C(=O)C(CCSC)NC(=O)OC(C)(C)C)C(C(=O)Nc1ccccc1C)c1ccccc1C. The molecule has 0 fully saturated rings. The molecule has 0 spiro atoms. The lowest BCUT2D eigenvalue weighted by Gasteiger charge is -2.31. The maximum atomic E-state index is 13.8. The van der Waals surface area contributed by atoms with Crippen molar-refractivity contribution in [3.8, 4) is 12.5 Å². The summed E-state index contributed by atoms with van der Waals surface area (Å²) in [6, 6.07) is 15.0. The zero-order chi connectivity index (χ0) is 26.9. The van der Waals surface area contributed by atoms with E-state index in [9.17, 15) is 14.4 Å². The van der Waals surface area contributed by atoms with Gasteiger partial charge in [0.05, 0.1) is 0 Å². The summed E-state index contributed by atoms with van der Waals surface area (Å²) in [5.74, 6) is -0.425. The first-order chi connectivity index (χ1) is 17.0. The van der Waals surface area contributed by atoms with Crippen LogP contribution in [0.15, 0.2) is 48.5 Å². The van der Waals surface area contributed by atoms with Crippen LogP contribution in [0, 0.1) is 26.3 Å². The molecule has 0 heterocycles. The molecule has 0 aromatic heterocycles. The monoisotopic (exact) mass is 509 g/mol. The van der Waals surface area contributed by atoms with Crippen LogP contribution in [0.5, 0.6) is 0 Å². The first-order valence-electron chi connectivity index (χ1n) is 11.7. The second kappa shape index (κ2) is 13.0. The molecule has 2 aromatic rings. The molecule has 0 radical (unpaired) electrons. The number of nitrogens with zero attached hydrogens (tertiary/aromatic N) is 1. The van der Waals surface area contributed by atoms with Crippen LogP contribution in [0.1, 0.15) is 49.9 Å². The van der Waals surface area contributed by atoms with Crippen molar-refractivity contribution in [3.05, 3.63) is 65.2 Å². The van der Waals surface area contributed by atoms with E-state index in [1.165, 1.54) is 11.8 Å². The Morgan fingerprint density at radius 1 is 1.06 bits per heavy atom. The fourth-order valence-electron chi connectivity index (χ4n) is 3.58. The fourth-order valence-corrected chi connectivity index (χ4v) is 4.05. The van der Waals surface area contributed by atoms with E-state index < -0.39 is 35.6 Å². The standard InChI is InChI=1S/C28H35N3O4S/c1-8-31(26(33)23(17-18-36-7)30-27(34)35-28(4,5)6)24(21-15-11-9-13-19(21)2)25(32)29-22-16-12-10-14-20(22)3/h1,9-16,23-24H,17-18H2,2-7H3,(H,29,32)(H,30,34). The number of terminal acetylenes is 1. The van der Waals surface area contributed by atoms with E-state index in [4.69, 9.17) is 11.2 Å². The summed E-state index contributed by atoms with van der Waals surface area (Å²) in [4.78, 5) is 41.0. The summed E-state index contributed by atoms with van der Waals surface area (Å²) in [5.41, 5.74) is 2.15. The summed E-state index contributed by atoms with van der Waals surface area (Å²) in [6.45, 7) is 8.95. The predicted molar refractivity (Wildman–Crippen MR) is 146 cm³/mol. The largest absolute Gasteiger partial charge is 0.444 e. The van der Waals surface area contributed by atoms with Gasteiger partial charge >= 0.3 is 6.09 Å². The van der Waals surface area contributed by atoms with Gasteiger partial charge in [-0.05, 0) is 75.8 Å². The number of aryl methyl sites for hydroxylation is 2. The molecule has 8 heteroatoms. The minimum atomic E-state index is -1.11. The molecule has 2 unspecified atom stereocenters. The quantitative estimate of drug-likeness (QED) is 0.365. The minimum absolute atomic E-state index is 0.317. The number of rotatable bonds is 9. The Bertz CT molecular complexity index is 1120. The average Bonchev–Trinajstić information content (AvgIpc) is 2.80. The van der Waals surface area contributed by atoms with Crippen molar-refractivity contribution in [2.45, 2.75) is 58.7 Å². The van der Waals surface area contributed by atoms with E-state index in [0.717, 1.165) is 16.0 Å². The summed E-state index contributed by atoms with van der Waals surface area (Å²) < 4.78 is 5.36. The molecule has 192 valence electrons. The van der Waals surface area contributed by atoms with Gasteiger partial charge in [-0.15, -0.1) is 0 Å². The Morgan fingerprint density at radius 3 is 2.22 bits per heavy atom. The molecule has 2 rings (SSSR count). The van der Waals surface area contributed by atoms with Gasteiger partial charge in [-0.25, -0.2) is 4.79 Å².